The smallest absolute Gasteiger partial charge is 0.339 e. The van der Waals surface area contributed by atoms with E-state index < -0.39 is 5.63 Å². The zero-order valence-electron chi connectivity index (χ0n) is 19.7. The van der Waals surface area contributed by atoms with Gasteiger partial charge in [-0.2, -0.15) is 0 Å². The van der Waals surface area contributed by atoms with Crippen molar-refractivity contribution in [2.75, 3.05) is 26.7 Å². The second-order valence-corrected chi connectivity index (χ2v) is 8.41. The highest BCUT2D eigenvalue weighted by atomic mass is 16.5. The van der Waals surface area contributed by atoms with Crippen LogP contribution in [0.5, 0.6) is 5.75 Å². The van der Waals surface area contributed by atoms with Crippen molar-refractivity contribution >= 4 is 28.7 Å². The fraction of sp³-hybridized carbons (Fsp3) is 0.308. The molecule has 0 bridgehead atoms. The molecule has 9 heteroatoms. The molecule has 9 nitrogen and oxygen atoms in total. The Morgan fingerprint density at radius 3 is 2.63 bits per heavy atom. The summed E-state index contributed by atoms with van der Waals surface area (Å²) in [7, 11) is 1.55. The standard InChI is InChI=1S/C26H27N3O6/c1-16-20-8-7-19(34-2)13-22(20)35-26(33)21(16)9-10-23(30)28-14-17-3-5-18(6-4-17)25(32)29-12-11-27-24(31)15-29/h3-8,13H,9-12,14-15H2,1-2H3,(H,27,31)(H,28,30). The number of aryl methyl sites for hydroxylation is 1. The van der Waals surface area contributed by atoms with Crippen LogP contribution in [0.2, 0.25) is 0 Å². The molecule has 2 heterocycles. The maximum absolute atomic E-state index is 12.5. The van der Waals surface area contributed by atoms with Crippen LogP contribution in [0.1, 0.15) is 33.5 Å². The second-order valence-electron chi connectivity index (χ2n) is 8.41. The molecule has 0 unspecified atom stereocenters. The first-order valence-electron chi connectivity index (χ1n) is 11.4. The molecule has 1 aliphatic heterocycles. The van der Waals surface area contributed by atoms with Gasteiger partial charge in [-0.05, 0) is 48.7 Å². The number of carbonyl (C=O) groups excluding carboxylic acids is 3. The molecular formula is C26H27N3O6. The van der Waals surface area contributed by atoms with Crippen LogP contribution < -0.4 is 21.0 Å². The van der Waals surface area contributed by atoms with Crippen molar-refractivity contribution in [2.45, 2.75) is 26.3 Å². The minimum Gasteiger partial charge on any atom is -0.497 e. The van der Waals surface area contributed by atoms with Gasteiger partial charge in [-0.1, -0.05) is 12.1 Å². The molecular weight excluding hydrogens is 450 g/mol. The number of hydrogen-bond donors (Lipinski definition) is 2. The average Bonchev–Trinajstić information content (AvgIpc) is 2.86. The lowest BCUT2D eigenvalue weighted by Gasteiger charge is -2.26. The van der Waals surface area contributed by atoms with Gasteiger partial charge in [-0.15, -0.1) is 0 Å². The molecule has 0 aliphatic carbocycles. The van der Waals surface area contributed by atoms with Gasteiger partial charge < -0.3 is 24.7 Å². The molecule has 3 aromatic rings. The van der Waals surface area contributed by atoms with Crippen LogP contribution in [0.4, 0.5) is 0 Å². The van der Waals surface area contributed by atoms with Gasteiger partial charge in [0.1, 0.15) is 11.3 Å². The molecule has 4 rings (SSSR count). The third kappa shape index (κ3) is 5.51. The summed E-state index contributed by atoms with van der Waals surface area (Å²) in [5.74, 6) is 0.0425. The van der Waals surface area contributed by atoms with Crippen molar-refractivity contribution in [3.05, 3.63) is 75.1 Å². The summed E-state index contributed by atoms with van der Waals surface area (Å²) >= 11 is 0. The highest BCUT2D eigenvalue weighted by molar-refractivity contribution is 5.97. The zero-order valence-corrected chi connectivity index (χ0v) is 19.7. The Morgan fingerprint density at radius 1 is 1.14 bits per heavy atom. The fourth-order valence-electron chi connectivity index (χ4n) is 4.08. The van der Waals surface area contributed by atoms with E-state index in [2.05, 4.69) is 10.6 Å². The summed E-state index contributed by atoms with van der Waals surface area (Å²) in [5, 5.41) is 6.34. The molecule has 0 radical (unpaired) electrons. The van der Waals surface area contributed by atoms with E-state index in [1.165, 1.54) is 4.90 Å². The Labute approximate surface area is 202 Å². The van der Waals surface area contributed by atoms with Crippen LogP contribution in [-0.2, 0) is 22.6 Å². The lowest BCUT2D eigenvalue weighted by molar-refractivity contribution is -0.123. The molecule has 1 saturated heterocycles. The van der Waals surface area contributed by atoms with Crippen molar-refractivity contribution in [2.24, 2.45) is 0 Å². The number of piperazine rings is 1. The third-order valence-corrected chi connectivity index (χ3v) is 6.11. The maximum atomic E-state index is 12.5. The lowest BCUT2D eigenvalue weighted by Crippen LogP contribution is -2.49. The first kappa shape index (κ1) is 24.0. The summed E-state index contributed by atoms with van der Waals surface area (Å²) in [6.45, 7) is 3.12. The number of ether oxygens (including phenoxy) is 1. The summed E-state index contributed by atoms with van der Waals surface area (Å²) in [6, 6.07) is 12.2. The number of nitrogens with zero attached hydrogens (tertiary/aromatic N) is 1. The number of fused-ring (bicyclic) bond motifs is 1. The van der Waals surface area contributed by atoms with Crippen LogP contribution in [0.25, 0.3) is 11.0 Å². The molecule has 1 aromatic heterocycles. The number of amides is 3. The Bertz CT molecular complexity index is 1330. The van der Waals surface area contributed by atoms with Gasteiger partial charge >= 0.3 is 5.63 Å². The van der Waals surface area contributed by atoms with E-state index in [1.54, 1.807) is 43.5 Å². The Balaban J connectivity index is 1.32. The minimum atomic E-state index is -0.456. The number of rotatable bonds is 7. The average molecular weight is 478 g/mol. The molecule has 182 valence electrons. The number of carbonyl (C=O) groups is 3. The molecule has 0 spiro atoms. The van der Waals surface area contributed by atoms with Crippen molar-refractivity contribution in [1.29, 1.82) is 0 Å². The Morgan fingerprint density at radius 2 is 1.91 bits per heavy atom. The molecule has 1 aliphatic rings. The summed E-state index contributed by atoms with van der Waals surface area (Å²) < 4.78 is 10.6. The SMILES string of the molecule is COc1ccc2c(C)c(CCC(=O)NCc3ccc(C(=O)N4CCNC(=O)C4)cc3)c(=O)oc2c1. The first-order chi connectivity index (χ1) is 16.9. The molecule has 35 heavy (non-hydrogen) atoms. The van der Waals surface area contributed by atoms with E-state index in [0.29, 0.717) is 42.1 Å². The van der Waals surface area contributed by atoms with Crippen LogP contribution in [-0.4, -0.2) is 49.4 Å². The fourth-order valence-corrected chi connectivity index (χ4v) is 4.08. The van der Waals surface area contributed by atoms with E-state index in [-0.39, 0.29) is 37.1 Å². The highest BCUT2D eigenvalue weighted by Crippen LogP contribution is 2.24. The summed E-state index contributed by atoms with van der Waals surface area (Å²) in [5.41, 5.74) is 2.59. The Hall–Kier alpha value is -4.14. The van der Waals surface area contributed by atoms with Gasteiger partial charge in [0.15, 0.2) is 0 Å². The highest BCUT2D eigenvalue weighted by Gasteiger charge is 2.22. The topological polar surface area (TPSA) is 118 Å². The predicted molar refractivity (Wildman–Crippen MR) is 129 cm³/mol. The third-order valence-electron chi connectivity index (χ3n) is 6.11. The predicted octanol–water partition coefficient (Wildman–Crippen LogP) is 1.93. The largest absolute Gasteiger partial charge is 0.497 e. The molecule has 0 saturated carbocycles. The Kier molecular flexibility index (Phi) is 7.14. The van der Waals surface area contributed by atoms with Gasteiger partial charge in [0.05, 0.1) is 13.7 Å². The number of methoxy groups -OCH3 is 1. The normalized spacial score (nSPS) is 13.4. The van der Waals surface area contributed by atoms with Crippen molar-refractivity contribution in [3.8, 4) is 5.75 Å². The van der Waals surface area contributed by atoms with Crippen molar-refractivity contribution < 1.29 is 23.5 Å². The summed E-state index contributed by atoms with van der Waals surface area (Å²) in [4.78, 5) is 50.4. The van der Waals surface area contributed by atoms with Crippen LogP contribution in [0, 0.1) is 6.92 Å². The minimum absolute atomic E-state index is 0.0554. The number of nitrogens with one attached hydrogen (secondary N) is 2. The van der Waals surface area contributed by atoms with Crippen LogP contribution in [0.3, 0.4) is 0 Å². The maximum Gasteiger partial charge on any atom is 0.339 e. The molecule has 3 amide bonds. The van der Waals surface area contributed by atoms with E-state index >= 15 is 0 Å². The molecule has 2 aromatic carbocycles. The van der Waals surface area contributed by atoms with E-state index in [4.69, 9.17) is 9.15 Å². The number of benzene rings is 2. The van der Waals surface area contributed by atoms with Gasteiger partial charge in [0.2, 0.25) is 11.8 Å². The van der Waals surface area contributed by atoms with E-state index in [0.717, 1.165) is 16.5 Å². The quantitative estimate of drug-likeness (QED) is 0.502. The first-order valence-corrected chi connectivity index (χ1v) is 11.4. The van der Waals surface area contributed by atoms with Crippen molar-refractivity contribution in [3.63, 3.8) is 0 Å². The molecule has 0 atom stereocenters. The zero-order chi connectivity index (χ0) is 24.9. The summed E-state index contributed by atoms with van der Waals surface area (Å²) in [6.07, 6.45) is 0.402. The van der Waals surface area contributed by atoms with Crippen molar-refractivity contribution in [1.82, 2.24) is 15.5 Å². The lowest BCUT2D eigenvalue weighted by atomic mass is 10.0. The molecule has 2 N–H and O–H groups in total. The monoisotopic (exact) mass is 477 g/mol. The van der Waals surface area contributed by atoms with Gasteiger partial charge in [-0.25, -0.2) is 4.79 Å². The van der Waals surface area contributed by atoms with Crippen LogP contribution in [0.15, 0.2) is 51.7 Å². The van der Waals surface area contributed by atoms with E-state index in [1.807, 2.05) is 13.0 Å². The van der Waals surface area contributed by atoms with Crippen LogP contribution >= 0.6 is 0 Å². The van der Waals surface area contributed by atoms with Gasteiger partial charge in [0, 0.05) is 48.6 Å². The van der Waals surface area contributed by atoms with E-state index in [9.17, 15) is 19.2 Å². The molecule has 1 fully saturated rings. The van der Waals surface area contributed by atoms with Gasteiger partial charge in [0.25, 0.3) is 5.91 Å². The second kappa shape index (κ2) is 10.4. The van der Waals surface area contributed by atoms with Gasteiger partial charge in [-0.3, -0.25) is 14.4 Å². The number of hydrogen-bond acceptors (Lipinski definition) is 6.